The van der Waals surface area contributed by atoms with Gasteiger partial charge in [-0.05, 0) is 31.5 Å². The van der Waals surface area contributed by atoms with E-state index in [-0.39, 0.29) is 22.7 Å². The zero-order valence-corrected chi connectivity index (χ0v) is 12.6. The molecule has 0 aliphatic rings. The van der Waals surface area contributed by atoms with E-state index in [9.17, 15) is 13.2 Å². The highest BCUT2D eigenvalue weighted by atomic mass is 35.5. The topological polar surface area (TPSA) is 75.3 Å². The molecule has 0 fully saturated rings. The van der Waals surface area contributed by atoms with Gasteiger partial charge >= 0.3 is 0 Å². The smallest absolute Gasteiger partial charge is 0.251 e. The van der Waals surface area contributed by atoms with E-state index >= 15 is 0 Å². The Morgan fingerprint density at radius 2 is 2.05 bits per heavy atom. The number of nitrogens with one attached hydrogen (secondary N) is 2. The number of hydrogen-bond donors (Lipinski definition) is 2. The second-order valence-corrected chi connectivity index (χ2v) is 6.51. The van der Waals surface area contributed by atoms with E-state index in [1.807, 2.05) is 13.8 Å². The van der Waals surface area contributed by atoms with E-state index in [0.717, 1.165) is 12.7 Å². The lowest BCUT2D eigenvalue weighted by Gasteiger charge is -2.13. The molecule has 1 atom stereocenters. The molecule has 0 spiro atoms. The minimum Gasteiger partial charge on any atom is -0.350 e. The predicted octanol–water partition coefficient (Wildman–Crippen LogP) is 2.24. The summed E-state index contributed by atoms with van der Waals surface area (Å²) in [5.41, 5.74) is 0.553. The third-order valence-corrected chi connectivity index (χ3v) is 3.43. The molecular weight excluding hydrogens is 288 g/mol. The number of hydrogen-bond acceptors (Lipinski definition) is 3. The lowest BCUT2D eigenvalue weighted by molar-refractivity contribution is 0.0939. The predicted molar refractivity (Wildman–Crippen MR) is 77.1 cm³/mol. The lowest BCUT2D eigenvalue weighted by Crippen LogP contribution is -2.31. The van der Waals surface area contributed by atoms with E-state index in [2.05, 4.69) is 10.0 Å². The van der Waals surface area contributed by atoms with E-state index in [4.69, 9.17) is 11.6 Å². The van der Waals surface area contributed by atoms with Crippen LogP contribution >= 0.6 is 11.6 Å². The molecule has 0 aliphatic carbocycles. The molecule has 0 radical (unpaired) electrons. The van der Waals surface area contributed by atoms with Crippen LogP contribution in [0.1, 0.15) is 30.6 Å². The van der Waals surface area contributed by atoms with Crippen molar-refractivity contribution >= 4 is 33.2 Å². The summed E-state index contributed by atoms with van der Waals surface area (Å²) in [6.45, 7) is 3.85. The molecular formula is C12H17ClN2O3S. The highest BCUT2D eigenvalue weighted by molar-refractivity contribution is 7.92. The van der Waals surface area contributed by atoms with Crippen molar-refractivity contribution in [2.45, 2.75) is 26.3 Å². The molecule has 0 aromatic heterocycles. The summed E-state index contributed by atoms with van der Waals surface area (Å²) in [4.78, 5) is 11.9. The minimum absolute atomic E-state index is 0.0505. The Labute approximate surface area is 118 Å². The van der Waals surface area contributed by atoms with E-state index in [0.29, 0.717) is 5.56 Å². The van der Waals surface area contributed by atoms with Gasteiger partial charge in [-0.1, -0.05) is 18.5 Å². The fraction of sp³-hybridized carbons (Fsp3) is 0.417. The van der Waals surface area contributed by atoms with Crippen molar-refractivity contribution < 1.29 is 13.2 Å². The zero-order valence-electron chi connectivity index (χ0n) is 11.0. The Morgan fingerprint density at radius 3 is 2.58 bits per heavy atom. The first-order valence-corrected chi connectivity index (χ1v) is 8.08. The van der Waals surface area contributed by atoms with Gasteiger partial charge in [-0.25, -0.2) is 8.42 Å². The molecule has 0 saturated heterocycles. The zero-order chi connectivity index (χ0) is 14.6. The number of benzene rings is 1. The molecule has 1 amide bonds. The monoisotopic (exact) mass is 304 g/mol. The molecule has 0 saturated carbocycles. The molecule has 19 heavy (non-hydrogen) atoms. The fourth-order valence-electron chi connectivity index (χ4n) is 1.35. The Morgan fingerprint density at radius 1 is 1.42 bits per heavy atom. The van der Waals surface area contributed by atoms with Gasteiger partial charge in [0.25, 0.3) is 5.91 Å². The highest BCUT2D eigenvalue weighted by Crippen LogP contribution is 2.23. The molecule has 0 heterocycles. The number of carbonyl (C=O) groups excluding carboxylic acids is 1. The van der Waals surface area contributed by atoms with Crippen molar-refractivity contribution in [1.29, 1.82) is 0 Å². The molecule has 1 unspecified atom stereocenters. The van der Waals surface area contributed by atoms with Crippen molar-refractivity contribution in [1.82, 2.24) is 5.32 Å². The van der Waals surface area contributed by atoms with Gasteiger partial charge in [0, 0.05) is 11.6 Å². The highest BCUT2D eigenvalue weighted by Gasteiger charge is 2.12. The lowest BCUT2D eigenvalue weighted by atomic mass is 10.1. The largest absolute Gasteiger partial charge is 0.350 e. The van der Waals surface area contributed by atoms with Crippen molar-refractivity contribution in [3.63, 3.8) is 0 Å². The van der Waals surface area contributed by atoms with Crippen LogP contribution < -0.4 is 10.0 Å². The number of carbonyl (C=O) groups is 1. The first-order valence-electron chi connectivity index (χ1n) is 5.81. The maximum absolute atomic E-state index is 11.9. The summed E-state index contributed by atoms with van der Waals surface area (Å²) >= 11 is 5.88. The molecule has 2 N–H and O–H groups in total. The average Bonchev–Trinajstić information content (AvgIpc) is 2.29. The molecule has 5 nitrogen and oxygen atoms in total. The molecule has 1 rings (SSSR count). The standard InChI is InChI=1S/C12H17ClN2O3S/c1-4-8(2)14-12(16)9-5-6-10(13)11(7-9)15-19(3,17)18/h5-8,15H,4H2,1-3H3,(H,14,16). The van der Waals surface area contributed by atoms with Crippen LogP contribution in [0.15, 0.2) is 18.2 Å². The quantitative estimate of drug-likeness (QED) is 0.876. The minimum atomic E-state index is -3.44. The maximum Gasteiger partial charge on any atom is 0.251 e. The SMILES string of the molecule is CCC(C)NC(=O)c1ccc(Cl)c(NS(C)(=O)=O)c1. The second kappa shape index (κ2) is 6.25. The first-order chi connectivity index (χ1) is 8.73. The molecule has 7 heteroatoms. The normalized spacial score (nSPS) is 12.8. The summed E-state index contributed by atoms with van der Waals surface area (Å²) in [6.07, 6.45) is 1.84. The fourth-order valence-corrected chi connectivity index (χ4v) is 2.14. The van der Waals surface area contributed by atoms with E-state index < -0.39 is 10.0 Å². The van der Waals surface area contributed by atoms with Gasteiger partial charge in [0.1, 0.15) is 0 Å². The summed E-state index contributed by atoms with van der Waals surface area (Å²) in [5.74, 6) is -0.262. The number of sulfonamides is 1. The third kappa shape index (κ3) is 5.08. The van der Waals surface area contributed by atoms with Crippen LogP contribution in [0.3, 0.4) is 0 Å². The van der Waals surface area contributed by atoms with E-state index in [1.54, 1.807) is 6.07 Å². The van der Waals surface area contributed by atoms with Crippen LogP contribution in [0.25, 0.3) is 0 Å². The average molecular weight is 305 g/mol. The number of rotatable bonds is 5. The van der Waals surface area contributed by atoms with Gasteiger partial charge in [0.15, 0.2) is 0 Å². The molecule has 1 aromatic rings. The number of amides is 1. The Bertz CT molecular complexity index is 572. The molecule has 0 bridgehead atoms. The summed E-state index contributed by atoms with van der Waals surface area (Å²) in [6, 6.07) is 4.50. The number of anilines is 1. The van der Waals surface area contributed by atoms with Crippen molar-refractivity contribution in [2.24, 2.45) is 0 Å². The van der Waals surface area contributed by atoms with Crippen molar-refractivity contribution in [3.8, 4) is 0 Å². The Hall–Kier alpha value is -1.27. The van der Waals surface area contributed by atoms with Crippen LogP contribution in [0.2, 0.25) is 5.02 Å². The summed E-state index contributed by atoms with van der Waals surface area (Å²) in [5, 5.41) is 3.04. The van der Waals surface area contributed by atoms with Crippen LogP contribution in [-0.4, -0.2) is 26.6 Å². The van der Waals surface area contributed by atoms with Gasteiger partial charge in [-0.3, -0.25) is 9.52 Å². The maximum atomic E-state index is 11.9. The number of halogens is 1. The summed E-state index contributed by atoms with van der Waals surface area (Å²) < 4.78 is 24.6. The molecule has 1 aromatic carbocycles. The van der Waals surface area contributed by atoms with Crippen LogP contribution in [0.5, 0.6) is 0 Å². The van der Waals surface area contributed by atoms with Crippen molar-refractivity contribution in [3.05, 3.63) is 28.8 Å². The van der Waals surface area contributed by atoms with Gasteiger partial charge in [0.05, 0.1) is 17.0 Å². The van der Waals surface area contributed by atoms with Gasteiger partial charge < -0.3 is 5.32 Å². The van der Waals surface area contributed by atoms with Crippen LogP contribution in [0.4, 0.5) is 5.69 Å². The van der Waals surface area contributed by atoms with Crippen molar-refractivity contribution in [2.75, 3.05) is 11.0 Å². The Kier molecular flexibility index (Phi) is 5.20. The first kappa shape index (κ1) is 15.8. The second-order valence-electron chi connectivity index (χ2n) is 4.35. The van der Waals surface area contributed by atoms with Gasteiger partial charge in [-0.2, -0.15) is 0 Å². The van der Waals surface area contributed by atoms with Crippen LogP contribution in [0, 0.1) is 0 Å². The molecule has 0 aliphatic heterocycles. The van der Waals surface area contributed by atoms with Crippen LogP contribution in [-0.2, 0) is 10.0 Å². The third-order valence-electron chi connectivity index (χ3n) is 2.51. The van der Waals surface area contributed by atoms with Gasteiger partial charge in [-0.15, -0.1) is 0 Å². The Balaban J connectivity index is 2.99. The summed E-state index contributed by atoms with van der Waals surface area (Å²) in [7, 11) is -3.44. The van der Waals surface area contributed by atoms with Gasteiger partial charge in [0.2, 0.25) is 10.0 Å². The molecule has 106 valence electrons. The van der Waals surface area contributed by atoms with E-state index in [1.165, 1.54) is 12.1 Å².